The summed E-state index contributed by atoms with van der Waals surface area (Å²) in [6, 6.07) is 26.7. The fourth-order valence-electron chi connectivity index (χ4n) is 4.41. The quantitative estimate of drug-likeness (QED) is 0.542. The number of hydrogen-bond acceptors (Lipinski definition) is 4. The standard InChI is InChI=1S/C28H31FN4O2/c1-31(20-26(34)30-25-14-12-24(29)13-15-25)27(35)21-32-16-18-33(19-17-32)28(22-8-4-2-5-9-22)23-10-6-3-7-11-23/h2-15,28H,16-21H2,1H3,(H,30,34). The Balaban J connectivity index is 1.29. The van der Waals surface area contributed by atoms with Gasteiger partial charge in [0.1, 0.15) is 5.82 Å². The first-order valence-corrected chi connectivity index (χ1v) is 11.9. The third kappa shape index (κ3) is 6.74. The van der Waals surface area contributed by atoms with E-state index in [2.05, 4.69) is 63.6 Å². The minimum absolute atomic E-state index is 0.0553. The first-order valence-electron chi connectivity index (χ1n) is 11.9. The van der Waals surface area contributed by atoms with Crippen molar-refractivity contribution >= 4 is 17.5 Å². The lowest BCUT2D eigenvalue weighted by atomic mass is 9.96. The van der Waals surface area contributed by atoms with Gasteiger partial charge in [-0.3, -0.25) is 19.4 Å². The van der Waals surface area contributed by atoms with Gasteiger partial charge in [0, 0.05) is 38.9 Å². The molecule has 1 aliphatic heterocycles. The lowest BCUT2D eigenvalue weighted by molar-refractivity contribution is -0.134. The maximum absolute atomic E-state index is 13.0. The van der Waals surface area contributed by atoms with Crippen molar-refractivity contribution in [3.8, 4) is 0 Å². The minimum atomic E-state index is -0.366. The summed E-state index contributed by atoms with van der Waals surface area (Å²) in [6.07, 6.45) is 0. The van der Waals surface area contributed by atoms with Crippen molar-refractivity contribution in [2.45, 2.75) is 6.04 Å². The van der Waals surface area contributed by atoms with Gasteiger partial charge in [-0.1, -0.05) is 60.7 Å². The summed E-state index contributed by atoms with van der Waals surface area (Å²) in [7, 11) is 1.63. The number of benzene rings is 3. The molecule has 35 heavy (non-hydrogen) atoms. The Bertz CT molecular complexity index is 1060. The van der Waals surface area contributed by atoms with E-state index >= 15 is 0 Å². The molecule has 3 aromatic carbocycles. The van der Waals surface area contributed by atoms with E-state index in [1.165, 1.54) is 40.3 Å². The summed E-state index contributed by atoms with van der Waals surface area (Å²) in [4.78, 5) is 31.1. The van der Waals surface area contributed by atoms with E-state index in [0.717, 1.165) is 26.2 Å². The van der Waals surface area contributed by atoms with Crippen molar-refractivity contribution in [3.05, 3.63) is 102 Å². The molecule has 0 aliphatic carbocycles. The van der Waals surface area contributed by atoms with E-state index < -0.39 is 0 Å². The van der Waals surface area contributed by atoms with Crippen LogP contribution in [-0.4, -0.2) is 72.8 Å². The normalized spacial score (nSPS) is 14.6. The number of hydrogen-bond donors (Lipinski definition) is 1. The van der Waals surface area contributed by atoms with Crippen molar-refractivity contribution in [2.24, 2.45) is 0 Å². The van der Waals surface area contributed by atoms with Crippen LogP contribution in [0.15, 0.2) is 84.9 Å². The number of amides is 2. The van der Waals surface area contributed by atoms with Crippen LogP contribution in [0.3, 0.4) is 0 Å². The molecule has 6 nitrogen and oxygen atoms in total. The molecule has 1 N–H and O–H groups in total. The van der Waals surface area contributed by atoms with Crippen molar-refractivity contribution in [1.82, 2.24) is 14.7 Å². The molecule has 0 bridgehead atoms. The summed E-state index contributed by atoms with van der Waals surface area (Å²) in [6.45, 7) is 3.46. The molecule has 3 aromatic rings. The Morgan fingerprint density at radius 3 is 1.94 bits per heavy atom. The maximum Gasteiger partial charge on any atom is 0.243 e. The lowest BCUT2D eigenvalue weighted by Gasteiger charge is -2.39. The van der Waals surface area contributed by atoms with Crippen LogP contribution in [-0.2, 0) is 9.59 Å². The average Bonchev–Trinajstić information content (AvgIpc) is 2.88. The number of carbonyl (C=O) groups is 2. The zero-order valence-corrected chi connectivity index (χ0v) is 19.9. The Morgan fingerprint density at radius 2 is 1.40 bits per heavy atom. The van der Waals surface area contributed by atoms with Gasteiger partial charge < -0.3 is 10.2 Å². The third-order valence-electron chi connectivity index (χ3n) is 6.30. The molecule has 0 radical (unpaired) electrons. The topological polar surface area (TPSA) is 55.9 Å². The second-order valence-electron chi connectivity index (χ2n) is 8.84. The molecule has 0 saturated carbocycles. The smallest absolute Gasteiger partial charge is 0.243 e. The van der Waals surface area contributed by atoms with Crippen LogP contribution in [0.4, 0.5) is 10.1 Å². The van der Waals surface area contributed by atoms with Gasteiger partial charge in [-0.15, -0.1) is 0 Å². The van der Waals surface area contributed by atoms with Crippen LogP contribution in [0.2, 0.25) is 0 Å². The summed E-state index contributed by atoms with van der Waals surface area (Å²) in [5.41, 5.74) is 3.02. The van der Waals surface area contributed by atoms with E-state index in [0.29, 0.717) is 5.69 Å². The highest BCUT2D eigenvalue weighted by atomic mass is 19.1. The first kappa shape index (κ1) is 24.6. The number of carbonyl (C=O) groups excluding carboxylic acids is 2. The number of rotatable bonds is 8. The number of halogens is 1. The number of nitrogens with zero attached hydrogens (tertiary/aromatic N) is 3. The Labute approximate surface area is 206 Å². The number of likely N-dealkylation sites (N-methyl/N-ethyl adjacent to an activating group) is 1. The Kier molecular flexibility index (Phi) is 8.23. The average molecular weight is 475 g/mol. The second kappa shape index (κ2) is 11.7. The van der Waals surface area contributed by atoms with Crippen LogP contribution in [0.1, 0.15) is 17.2 Å². The van der Waals surface area contributed by atoms with Crippen molar-refractivity contribution in [2.75, 3.05) is 51.6 Å². The molecule has 1 aliphatic rings. The van der Waals surface area contributed by atoms with E-state index in [1.54, 1.807) is 7.05 Å². The van der Waals surface area contributed by atoms with Crippen LogP contribution < -0.4 is 5.32 Å². The van der Waals surface area contributed by atoms with Crippen LogP contribution >= 0.6 is 0 Å². The summed E-state index contributed by atoms with van der Waals surface area (Å²) in [5, 5.41) is 2.69. The van der Waals surface area contributed by atoms with Gasteiger partial charge in [0.05, 0.1) is 19.1 Å². The van der Waals surface area contributed by atoms with Gasteiger partial charge in [-0.25, -0.2) is 4.39 Å². The number of anilines is 1. The Hall–Kier alpha value is -3.55. The predicted octanol–water partition coefficient (Wildman–Crippen LogP) is 3.63. The molecular formula is C28H31FN4O2. The molecule has 1 heterocycles. The zero-order chi connectivity index (χ0) is 24.6. The lowest BCUT2D eigenvalue weighted by Crippen LogP contribution is -2.51. The van der Waals surface area contributed by atoms with E-state index in [9.17, 15) is 14.0 Å². The molecular weight excluding hydrogens is 443 g/mol. The molecule has 1 saturated heterocycles. The SMILES string of the molecule is CN(CC(=O)Nc1ccc(F)cc1)C(=O)CN1CCN(C(c2ccccc2)c2ccccc2)CC1. The highest BCUT2D eigenvalue weighted by Crippen LogP contribution is 2.29. The monoisotopic (exact) mass is 474 g/mol. The molecule has 4 rings (SSSR count). The molecule has 2 amide bonds. The summed E-state index contributed by atoms with van der Waals surface area (Å²) < 4.78 is 13.0. The third-order valence-corrected chi connectivity index (χ3v) is 6.30. The maximum atomic E-state index is 13.0. The summed E-state index contributed by atoms with van der Waals surface area (Å²) in [5.74, 6) is -0.782. The predicted molar refractivity (Wildman–Crippen MR) is 135 cm³/mol. The minimum Gasteiger partial charge on any atom is -0.335 e. The zero-order valence-electron chi connectivity index (χ0n) is 19.9. The molecule has 0 spiro atoms. The first-order chi connectivity index (χ1) is 17.0. The second-order valence-corrected chi connectivity index (χ2v) is 8.84. The molecule has 7 heteroatoms. The molecule has 1 fully saturated rings. The summed E-state index contributed by atoms with van der Waals surface area (Å²) >= 11 is 0. The van der Waals surface area contributed by atoms with Gasteiger partial charge in [-0.2, -0.15) is 0 Å². The van der Waals surface area contributed by atoms with Crippen LogP contribution in [0.25, 0.3) is 0 Å². The number of piperazine rings is 1. The van der Waals surface area contributed by atoms with Crippen molar-refractivity contribution < 1.29 is 14.0 Å². The van der Waals surface area contributed by atoms with Crippen LogP contribution in [0, 0.1) is 5.82 Å². The Morgan fingerprint density at radius 1 is 0.857 bits per heavy atom. The number of nitrogens with one attached hydrogen (secondary N) is 1. The molecule has 0 unspecified atom stereocenters. The fraction of sp³-hybridized carbons (Fsp3) is 0.286. The largest absolute Gasteiger partial charge is 0.335 e. The van der Waals surface area contributed by atoms with E-state index in [-0.39, 0.29) is 36.8 Å². The van der Waals surface area contributed by atoms with Crippen LogP contribution in [0.5, 0.6) is 0 Å². The highest BCUT2D eigenvalue weighted by Gasteiger charge is 2.27. The van der Waals surface area contributed by atoms with Gasteiger partial charge in [0.25, 0.3) is 0 Å². The molecule has 0 aromatic heterocycles. The van der Waals surface area contributed by atoms with Gasteiger partial charge in [0.15, 0.2) is 0 Å². The highest BCUT2D eigenvalue weighted by molar-refractivity contribution is 5.94. The van der Waals surface area contributed by atoms with E-state index in [1.807, 2.05) is 12.1 Å². The fourth-order valence-corrected chi connectivity index (χ4v) is 4.41. The molecule has 182 valence electrons. The van der Waals surface area contributed by atoms with E-state index in [4.69, 9.17) is 0 Å². The van der Waals surface area contributed by atoms with Gasteiger partial charge in [-0.05, 0) is 35.4 Å². The van der Waals surface area contributed by atoms with Gasteiger partial charge >= 0.3 is 0 Å². The molecule has 0 atom stereocenters. The van der Waals surface area contributed by atoms with Crippen molar-refractivity contribution in [3.63, 3.8) is 0 Å². The van der Waals surface area contributed by atoms with Crippen molar-refractivity contribution in [1.29, 1.82) is 0 Å². The van der Waals surface area contributed by atoms with Gasteiger partial charge in [0.2, 0.25) is 11.8 Å².